The van der Waals surface area contributed by atoms with E-state index in [9.17, 15) is 10.0 Å². The fourth-order valence-corrected chi connectivity index (χ4v) is 13.8. The van der Waals surface area contributed by atoms with Gasteiger partial charge >= 0.3 is 7.12 Å². The number of methoxy groups -OCH3 is 1. The second kappa shape index (κ2) is 24.1. The number of hydrogen-bond acceptors (Lipinski definition) is 9. The Bertz CT molecular complexity index is 3460. The average molecular weight is 1160 g/mol. The van der Waals surface area contributed by atoms with Crippen LogP contribution in [0.5, 0.6) is 5.75 Å². The third-order valence-corrected chi connectivity index (χ3v) is 18.5. The molecule has 0 aromatic heterocycles. The summed E-state index contributed by atoms with van der Waals surface area (Å²) < 4.78 is 6.50. The molecule has 0 aliphatic carbocycles. The SMILES string of the molecule is COc1ccc(N(c2ccc(C)cc2)c2ccc(I)cc2)cc1.Cc1ccc(N(c2ccc(C)cc2)c2ccc(-c3cccc4c3Sc3ccccc3S4)cc2)cc1.OB(O)c1cccc2c1Sc1ccccc1S2. The van der Waals surface area contributed by atoms with Crippen molar-refractivity contribution >= 4 is 116 Å². The highest BCUT2D eigenvalue weighted by atomic mass is 127. The summed E-state index contributed by atoms with van der Waals surface area (Å²) in [5.41, 5.74) is 13.7. The minimum atomic E-state index is -1.41. The molecule has 2 aliphatic rings. The lowest BCUT2D eigenvalue weighted by Gasteiger charge is -2.26. The Morgan fingerprint density at radius 3 is 1.15 bits per heavy atom. The molecule has 75 heavy (non-hydrogen) atoms. The van der Waals surface area contributed by atoms with Crippen LogP contribution in [0.25, 0.3) is 11.1 Å². The third-order valence-electron chi connectivity index (χ3n) is 12.6. The van der Waals surface area contributed by atoms with Crippen LogP contribution in [-0.2, 0) is 0 Å². The lowest BCUT2D eigenvalue weighted by atomic mass is 9.80. The number of nitrogens with zero attached hydrogens (tertiary/aromatic N) is 2. The van der Waals surface area contributed by atoms with Gasteiger partial charge in [-0.25, -0.2) is 0 Å². The molecular weight excluding hydrogens is 1110 g/mol. The van der Waals surface area contributed by atoms with Crippen LogP contribution in [0.1, 0.15) is 16.7 Å². The van der Waals surface area contributed by atoms with Crippen LogP contribution in [0.3, 0.4) is 0 Å². The molecule has 0 saturated heterocycles. The number of aryl methyl sites for hydroxylation is 3. The Morgan fingerprint density at radius 1 is 0.373 bits per heavy atom. The molecule has 0 unspecified atom stereocenters. The van der Waals surface area contributed by atoms with Gasteiger partial charge in [-0.05, 0) is 193 Å². The molecule has 0 atom stereocenters. The van der Waals surface area contributed by atoms with Gasteiger partial charge in [-0.3, -0.25) is 0 Å². The highest BCUT2D eigenvalue weighted by molar-refractivity contribution is 14.1. The van der Waals surface area contributed by atoms with E-state index >= 15 is 0 Å². The lowest BCUT2D eigenvalue weighted by Crippen LogP contribution is -2.32. The summed E-state index contributed by atoms with van der Waals surface area (Å²) in [6.45, 7) is 6.36. The monoisotopic (exact) mass is 1160 g/mol. The average Bonchev–Trinajstić information content (AvgIpc) is 3.44. The number of rotatable bonds is 9. The van der Waals surface area contributed by atoms with Gasteiger partial charge in [0.15, 0.2) is 0 Å². The fourth-order valence-electron chi connectivity index (χ4n) is 8.64. The maximum Gasteiger partial charge on any atom is 0.489 e. The van der Waals surface area contributed by atoms with E-state index in [1.807, 2.05) is 59.9 Å². The Hall–Kier alpha value is -6.29. The van der Waals surface area contributed by atoms with Gasteiger partial charge in [0.25, 0.3) is 0 Å². The van der Waals surface area contributed by atoms with Crippen LogP contribution in [0, 0.1) is 24.3 Å². The van der Waals surface area contributed by atoms with E-state index in [-0.39, 0.29) is 0 Å². The number of fused-ring (bicyclic) bond motifs is 4. The zero-order valence-electron chi connectivity index (χ0n) is 41.7. The van der Waals surface area contributed by atoms with Gasteiger partial charge in [-0.15, -0.1) is 0 Å². The van der Waals surface area contributed by atoms with Gasteiger partial charge in [0.2, 0.25) is 0 Å². The Balaban J connectivity index is 0.000000138. The maximum atomic E-state index is 9.36. The zero-order chi connectivity index (χ0) is 51.8. The number of hydrogen-bond donors (Lipinski definition) is 2. The van der Waals surface area contributed by atoms with Crippen LogP contribution < -0.4 is 20.0 Å². The Kier molecular flexibility index (Phi) is 16.8. The maximum absolute atomic E-state index is 9.36. The molecule has 0 bridgehead atoms. The second-order valence-electron chi connectivity index (χ2n) is 17.9. The van der Waals surface area contributed by atoms with E-state index < -0.39 is 7.12 Å². The van der Waals surface area contributed by atoms with Crippen LogP contribution in [0.15, 0.2) is 270 Å². The normalized spacial score (nSPS) is 11.7. The minimum Gasteiger partial charge on any atom is -0.497 e. The van der Waals surface area contributed by atoms with Crippen molar-refractivity contribution in [3.05, 3.63) is 251 Å². The van der Waals surface area contributed by atoms with E-state index in [1.54, 1.807) is 36.7 Å². The molecule has 2 aliphatic heterocycles. The van der Waals surface area contributed by atoms with E-state index in [1.165, 1.54) is 55.9 Å². The first-order chi connectivity index (χ1) is 36.6. The second-order valence-corrected chi connectivity index (χ2v) is 23.4. The van der Waals surface area contributed by atoms with E-state index in [2.05, 4.69) is 241 Å². The van der Waals surface area contributed by atoms with Crippen molar-refractivity contribution in [1.82, 2.24) is 0 Å². The highest BCUT2D eigenvalue weighted by Gasteiger charge is 2.25. The predicted molar refractivity (Wildman–Crippen MR) is 327 cm³/mol. The van der Waals surface area contributed by atoms with Gasteiger partial charge in [0.1, 0.15) is 5.75 Å². The van der Waals surface area contributed by atoms with Crippen molar-refractivity contribution in [2.45, 2.75) is 59.9 Å². The van der Waals surface area contributed by atoms with Gasteiger partial charge < -0.3 is 24.6 Å². The van der Waals surface area contributed by atoms with Crippen molar-refractivity contribution in [2.75, 3.05) is 16.9 Å². The molecule has 0 spiro atoms. The predicted octanol–water partition coefficient (Wildman–Crippen LogP) is 18.1. The fraction of sp³-hybridized carbons (Fsp3) is 0.0625. The lowest BCUT2D eigenvalue weighted by molar-refractivity contribution is 0.415. The molecular formula is C64H52BIN2O3S4. The van der Waals surface area contributed by atoms with Crippen molar-refractivity contribution in [3.63, 3.8) is 0 Å². The molecule has 0 saturated carbocycles. The summed E-state index contributed by atoms with van der Waals surface area (Å²) in [5.74, 6) is 0.861. The summed E-state index contributed by atoms with van der Waals surface area (Å²) >= 11 is 9.34. The largest absolute Gasteiger partial charge is 0.497 e. The smallest absolute Gasteiger partial charge is 0.489 e. The number of benzene rings is 10. The molecule has 370 valence electrons. The highest BCUT2D eigenvalue weighted by Crippen LogP contribution is 2.52. The molecule has 11 heteroatoms. The number of ether oxygens (including phenoxy) is 1. The van der Waals surface area contributed by atoms with E-state index in [0.29, 0.717) is 5.46 Å². The van der Waals surface area contributed by atoms with Gasteiger partial charge in [-0.1, -0.05) is 161 Å². The quantitative estimate of drug-likeness (QED) is 0.109. The number of anilines is 6. The van der Waals surface area contributed by atoms with Gasteiger partial charge in [0, 0.05) is 76.9 Å². The van der Waals surface area contributed by atoms with Crippen LogP contribution in [0.4, 0.5) is 34.1 Å². The standard InChI is InChI=1S/C32H25NS2.C20H18INO.C12H9BO2S2/c1-22-10-16-25(17-11-22)33(26-18-12-23(2)13-19-26)27-20-14-24(15-21-27)28-6-5-9-31-32(28)35-30-8-4-3-7-29(30)34-31;1-15-3-7-17(8-4-15)22(18-9-5-16(21)6-10-18)19-11-13-20(23-2)14-12-19;14-13(15)8-4-3-7-11-12(8)17-10-6-2-1-5-9(10)16-11/h3-21H,1-2H3;3-14H,1-2H3;1-7,14-15H. The van der Waals surface area contributed by atoms with Crippen LogP contribution >= 0.6 is 69.6 Å². The Morgan fingerprint density at radius 2 is 0.720 bits per heavy atom. The zero-order valence-corrected chi connectivity index (χ0v) is 47.1. The van der Waals surface area contributed by atoms with Crippen molar-refractivity contribution < 1.29 is 14.8 Å². The summed E-state index contributed by atoms with van der Waals surface area (Å²) in [6, 6.07) is 80.8. The molecule has 0 radical (unpaired) electrons. The molecule has 12 rings (SSSR count). The molecule has 5 nitrogen and oxygen atoms in total. The molecule has 2 N–H and O–H groups in total. The summed E-state index contributed by atoms with van der Waals surface area (Å²) in [4.78, 5) is 14.3. The molecule has 0 amide bonds. The van der Waals surface area contributed by atoms with Crippen molar-refractivity contribution in [3.8, 4) is 16.9 Å². The summed E-state index contributed by atoms with van der Waals surface area (Å²) in [5, 5.41) is 18.7. The first-order valence-corrected chi connectivity index (χ1v) is 28.7. The first-order valence-electron chi connectivity index (χ1n) is 24.4. The molecule has 0 fully saturated rings. The molecule has 10 aromatic carbocycles. The first kappa shape index (κ1) is 52.2. The molecule has 10 aromatic rings. The van der Waals surface area contributed by atoms with Gasteiger partial charge in [0.05, 0.1) is 7.11 Å². The molecule has 2 heterocycles. The van der Waals surface area contributed by atoms with E-state index in [0.717, 1.165) is 54.6 Å². The Labute approximate surface area is 471 Å². The van der Waals surface area contributed by atoms with Gasteiger partial charge in [-0.2, -0.15) is 0 Å². The van der Waals surface area contributed by atoms with Crippen LogP contribution in [0.2, 0.25) is 0 Å². The number of halogens is 1. The van der Waals surface area contributed by atoms with Crippen molar-refractivity contribution in [2.24, 2.45) is 0 Å². The minimum absolute atomic E-state index is 0.578. The van der Waals surface area contributed by atoms with E-state index in [4.69, 9.17) is 4.74 Å². The third kappa shape index (κ3) is 12.4. The van der Waals surface area contributed by atoms with Crippen molar-refractivity contribution in [1.29, 1.82) is 0 Å². The summed E-state index contributed by atoms with van der Waals surface area (Å²) in [6.07, 6.45) is 0. The summed E-state index contributed by atoms with van der Waals surface area (Å²) in [7, 11) is 0.273. The topological polar surface area (TPSA) is 56.2 Å². The van der Waals surface area contributed by atoms with Crippen LogP contribution in [-0.4, -0.2) is 24.3 Å².